The van der Waals surface area contributed by atoms with Gasteiger partial charge < -0.3 is 9.64 Å². The molecule has 8 heteroatoms. The van der Waals surface area contributed by atoms with E-state index in [-0.39, 0.29) is 17.3 Å². The van der Waals surface area contributed by atoms with Crippen LogP contribution in [-0.2, 0) is 0 Å². The quantitative estimate of drug-likeness (QED) is 0.247. The number of likely N-dealkylation sites (tertiary alicyclic amines) is 1. The van der Waals surface area contributed by atoms with Crippen LogP contribution in [0.15, 0.2) is 30.4 Å². The van der Waals surface area contributed by atoms with Crippen LogP contribution in [0, 0.1) is 16.0 Å². The molecule has 29 heavy (non-hydrogen) atoms. The molecule has 1 unspecified atom stereocenters. The highest BCUT2D eigenvalue weighted by atomic mass is 16.6. The maximum atomic E-state index is 13.0. The average molecular weight is 402 g/mol. The van der Waals surface area contributed by atoms with Crippen molar-refractivity contribution in [2.75, 3.05) is 26.2 Å². The van der Waals surface area contributed by atoms with E-state index in [1.54, 1.807) is 6.92 Å². The topological polar surface area (TPSA) is 102 Å². The number of hydrazine groups is 1. The molecule has 3 rings (SSSR count). The third-order valence-electron chi connectivity index (χ3n) is 5.78. The Kier molecular flexibility index (Phi) is 7.22. The second kappa shape index (κ2) is 9.84. The maximum absolute atomic E-state index is 13.0. The zero-order valence-electron chi connectivity index (χ0n) is 17.0. The molecule has 1 saturated heterocycles. The van der Waals surface area contributed by atoms with Crippen molar-refractivity contribution in [3.05, 3.63) is 46.0 Å². The van der Waals surface area contributed by atoms with Crippen LogP contribution in [0.1, 0.15) is 49.4 Å². The molecule has 1 fully saturated rings. The minimum Gasteiger partial charge on any atom is -0.493 e. The van der Waals surface area contributed by atoms with Gasteiger partial charge in [0.2, 0.25) is 0 Å². The van der Waals surface area contributed by atoms with Crippen molar-refractivity contribution < 1.29 is 14.5 Å². The van der Waals surface area contributed by atoms with Crippen molar-refractivity contribution in [3.63, 3.8) is 0 Å². The first-order valence-electron chi connectivity index (χ1n) is 10.4. The van der Waals surface area contributed by atoms with Crippen molar-refractivity contribution in [3.8, 4) is 5.75 Å². The Morgan fingerprint density at radius 3 is 2.69 bits per heavy atom. The van der Waals surface area contributed by atoms with Crippen molar-refractivity contribution in [1.29, 1.82) is 0 Å². The van der Waals surface area contributed by atoms with E-state index in [1.807, 2.05) is 0 Å². The van der Waals surface area contributed by atoms with Crippen molar-refractivity contribution in [1.82, 2.24) is 9.91 Å². The lowest BCUT2D eigenvalue weighted by molar-refractivity contribution is -0.384. The number of amides is 1. The number of nitro groups is 1. The van der Waals surface area contributed by atoms with Gasteiger partial charge in [0, 0.05) is 31.8 Å². The molecule has 1 aromatic carbocycles. The van der Waals surface area contributed by atoms with Crippen LogP contribution in [0.2, 0.25) is 0 Å². The molecule has 0 aromatic heterocycles. The van der Waals surface area contributed by atoms with Gasteiger partial charge in [-0.15, -0.1) is 0 Å². The number of benzene rings is 1. The average Bonchev–Trinajstić information content (AvgIpc) is 2.74. The largest absolute Gasteiger partial charge is 0.493 e. The zero-order chi connectivity index (χ0) is 20.8. The van der Waals surface area contributed by atoms with Crippen molar-refractivity contribution in [2.24, 2.45) is 11.8 Å². The van der Waals surface area contributed by atoms with Gasteiger partial charge in [0.25, 0.3) is 11.6 Å². The summed E-state index contributed by atoms with van der Waals surface area (Å²) < 4.78 is 5.49. The summed E-state index contributed by atoms with van der Waals surface area (Å²) in [6.07, 6.45) is 9.67. The molecule has 8 nitrogen and oxygen atoms in total. The molecule has 0 spiro atoms. The van der Waals surface area contributed by atoms with E-state index in [2.05, 4.69) is 17.1 Å². The van der Waals surface area contributed by atoms with E-state index >= 15 is 0 Å². The highest BCUT2D eigenvalue weighted by Crippen LogP contribution is 2.27. The van der Waals surface area contributed by atoms with E-state index < -0.39 is 10.8 Å². The number of ether oxygens (including phenoxy) is 1. The molecule has 1 amide bonds. The minimum absolute atomic E-state index is 0.0845. The Morgan fingerprint density at radius 1 is 1.31 bits per heavy atom. The minimum atomic E-state index is -0.522. The number of nitrogens with two attached hydrogens (primary N) is 1. The summed E-state index contributed by atoms with van der Waals surface area (Å²) in [5.41, 5.74) is -0.0125. The lowest BCUT2D eigenvalue weighted by Gasteiger charge is -2.37. The molecule has 1 aromatic rings. The summed E-state index contributed by atoms with van der Waals surface area (Å²) in [5.74, 6) is 6.77. The molecule has 1 aliphatic carbocycles. The first-order chi connectivity index (χ1) is 14.0. The second-order valence-corrected chi connectivity index (χ2v) is 7.77. The summed E-state index contributed by atoms with van der Waals surface area (Å²) in [6.45, 7) is 5.05. The van der Waals surface area contributed by atoms with Crippen LogP contribution in [0.4, 0.5) is 5.69 Å². The Labute approximate surface area is 171 Å². The van der Waals surface area contributed by atoms with Gasteiger partial charge in [-0.05, 0) is 51.0 Å². The van der Waals surface area contributed by atoms with Gasteiger partial charge >= 0.3 is 0 Å². The van der Waals surface area contributed by atoms with E-state index in [4.69, 9.17) is 10.6 Å². The smallest absolute Gasteiger partial charge is 0.272 e. The number of nitro benzene ring substituents is 1. The number of carbonyl (C=O) groups excluding carboxylic acids is 1. The molecule has 2 aliphatic rings. The summed E-state index contributed by atoms with van der Waals surface area (Å²) in [7, 11) is 0. The van der Waals surface area contributed by atoms with E-state index in [0.29, 0.717) is 18.3 Å². The number of non-ortho nitro benzene ring substituents is 1. The van der Waals surface area contributed by atoms with E-state index in [9.17, 15) is 14.9 Å². The normalized spacial score (nSPS) is 20.4. The highest BCUT2D eigenvalue weighted by Gasteiger charge is 2.30. The van der Waals surface area contributed by atoms with Gasteiger partial charge in [0.05, 0.1) is 23.1 Å². The number of allylic oxidation sites excluding steroid dienone is 2. The number of hydrogen-bond donors (Lipinski definition) is 1. The summed E-state index contributed by atoms with van der Waals surface area (Å²) in [5, 5.41) is 12.4. The Morgan fingerprint density at radius 2 is 2.07 bits per heavy atom. The van der Waals surface area contributed by atoms with Crippen LogP contribution < -0.4 is 10.6 Å². The molecule has 1 atom stereocenters. The van der Waals surface area contributed by atoms with Crippen molar-refractivity contribution >= 4 is 11.6 Å². The number of carbonyl (C=O) groups is 1. The van der Waals surface area contributed by atoms with Gasteiger partial charge in [-0.2, -0.15) is 0 Å². The van der Waals surface area contributed by atoms with Crippen LogP contribution in [0.3, 0.4) is 0 Å². The molecular weight excluding hydrogens is 372 g/mol. The summed E-state index contributed by atoms with van der Waals surface area (Å²) in [6, 6.07) is 3.96. The molecule has 0 saturated carbocycles. The number of piperidine rings is 1. The van der Waals surface area contributed by atoms with Gasteiger partial charge in [0.1, 0.15) is 5.75 Å². The Balaban J connectivity index is 1.62. The fourth-order valence-electron chi connectivity index (χ4n) is 4.15. The molecule has 1 heterocycles. The van der Waals surface area contributed by atoms with Crippen LogP contribution in [0.25, 0.3) is 0 Å². The number of rotatable bonds is 7. The van der Waals surface area contributed by atoms with Gasteiger partial charge in [-0.1, -0.05) is 12.2 Å². The van der Waals surface area contributed by atoms with E-state index in [0.717, 1.165) is 45.3 Å². The lowest BCUT2D eigenvalue weighted by atomic mass is 9.93. The number of hydrogen-bond acceptors (Lipinski definition) is 6. The third-order valence-corrected chi connectivity index (χ3v) is 5.78. The molecule has 0 bridgehead atoms. The SMILES string of the molecule is CCOc1ccc([N+](=O)[O-])cc1C(=O)N(N)C1CCN(CC2CC=CCC2)CC1. The first-order valence-corrected chi connectivity index (χ1v) is 10.4. The third kappa shape index (κ3) is 5.33. The van der Waals surface area contributed by atoms with Crippen LogP contribution >= 0.6 is 0 Å². The maximum Gasteiger partial charge on any atom is 0.272 e. The second-order valence-electron chi connectivity index (χ2n) is 7.77. The molecular formula is C21H30N4O4. The number of nitrogens with zero attached hydrogens (tertiary/aromatic N) is 3. The standard InChI is InChI=1S/C21H30N4O4/c1-2-29-20-9-8-18(25(27)28)14-19(20)21(26)24(22)17-10-12-23(13-11-17)15-16-6-4-3-5-7-16/h3-4,8-9,14,16-17H,2,5-7,10-13,15,22H2,1H3. The predicted octanol–water partition coefficient (Wildman–Crippen LogP) is 3.13. The van der Waals surface area contributed by atoms with Crippen molar-refractivity contribution in [2.45, 2.75) is 45.1 Å². The fourth-order valence-corrected chi connectivity index (χ4v) is 4.15. The van der Waals surface area contributed by atoms with Gasteiger partial charge in [0.15, 0.2) is 0 Å². The molecule has 1 aliphatic heterocycles. The Hall–Kier alpha value is -2.45. The van der Waals surface area contributed by atoms with Gasteiger partial charge in [-0.3, -0.25) is 19.9 Å². The van der Waals surface area contributed by atoms with E-state index in [1.165, 1.54) is 29.6 Å². The predicted molar refractivity (Wildman–Crippen MR) is 111 cm³/mol. The van der Waals surface area contributed by atoms with Crippen LogP contribution in [-0.4, -0.2) is 53.0 Å². The van der Waals surface area contributed by atoms with Gasteiger partial charge in [-0.25, -0.2) is 5.84 Å². The summed E-state index contributed by atoms with van der Waals surface area (Å²) >= 11 is 0. The Bertz CT molecular complexity index is 759. The molecule has 0 radical (unpaired) electrons. The first kappa shape index (κ1) is 21.3. The lowest BCUT2D eigenvalue weighted by Crippen LogP contribution is -2.51. The summed E-state index contributed by atoms with van der Waals surface area (Å²) in [4.78, 5) is 26.0. The highest BCUT2D eigenvalue weighted by molar-refractivity contribution is 5.97. The zero-order valence-corrected chi connectivity index (χ0v) is 17.0. The fraction of sp³-hybridized carbons (Fsp3) is 0.571. The molecule has 158 valence electrons. The van der Waals surface area contributed by atoms with Crippen LogP contribution in [0.5, 0.6) is 5.75 Å². The monoisotopic (exact) mass is 402 g/mol. The molecule has 2 N–H and O–H groups in total.